The van der Waals surface area contributed by atoms with E-state index in [2.05, 4.69) is 15.8 Å². The van der Waals surface area contributed by atoms with Crippen LogP contribution in [-0.4, -0.2) is 30.1 Å². The molecule has 0 saturated carbocycles. The van der Waals surface area contributed by atoms with E-state index in [4.69, 9.17) is 13.9 Å². The summed E-state index contributed by atoms with van der Waals surface area (Å²) in [5, 5.41) is 6.44. The molecule has 1 aromatic heterocycles. The molecule has 2 amide bonds. The van der Waals surface area contributed by atoms with Crippen molar-refractivity contribution < 1.29 is 28.3 Å². The van der Waals surface area contributed by atoms with Crippen LogP contribution < -0.4 is 20.2 Å². The number of carbonyl (C=O) groups is 3. The summed E-state index contributed by atoms with van der Waals surface area (Å²) in [6, 6.07) is 16.5. The number of esters is 1. The number of hydrogen-bond acceptors (Lipinski definition) is 7. The van der Waals surface area contributed by atoms with Crippen LogP contribution in [0.4, 0.5) is 5.69 Å². The van der Waals surface area contributed by atoms with E-state index in [0.29, 0.717) is 29.3 Å². The summed E-state index contributed by atoms with van der Waals surface area (Å²) in [6.45, 7) is 3.82. The number of para-hydroxylation sites is 3. The van der Waals surface area contributed by atoms with E-state index >= 15 is 0 Å². The van der Waals surface area contributed by atoms with Crippen molar-refractivity contribution in [2.75, 3.05) is 11.9 Å². The molecule has 32 heavy (non-hydrogen) atoms. The highest BCUT2D eigenvalue weighted by Gasteiger charge is 2.17. The Morgan fingerprint density at radius 2 is 1.66 bits per heavy atom. The second kappa shape index (κ2) is 10.6. The lowest BCUT2D eigenvalue weighted by molar-refractivity contribution is -0.136. The second-order valence-corrected chi connectivity index (χ2v) is 6.38. The topological polar surface area (TPSA) is 119 Å². The standard InChI is InChI=1S/C23H21N3O6/c1-3-30-19-12-7-5-10-17(19)24-21(27)22(28)26-25-15(2)16-9-4-6-11-18(16)32-23(29)20-13-8-14-31-20/h4-14H,3H2,1-2H3,(H,24,27)(H,26,28)/b25-15+. The summed E-state index contributed by atoms with van der Waals surface area (Å²) in [5.41, 5.74) is 3.34. The van der Waals surface area contributed by atoms with Crippen LogP contribution in [0.5, 0.6) is 11.5 Å². The number of nitrogens with zero attached hydrogens (tertiary/aromatic N) is 1. The minimum Gasteiger partial charge on any atom is -0.492 e. The Kier molecular flexibility index (Phi) is 7.37. The van der Waals surface area contributed by atoms with Gasteiger partial charge >= 0.3 is 17.8 Å². The maximum Gasteiger partial charge on any atom is 0.379 e. The van der Waals surface area contributed by atoms with Gasteiger partial charge in [-0.3, -0.25) is 9.59 Å². The van der Waals surface area contributed by atoms with Crippen molar-refractivity contribution in [1.82, 2.24) is 5.43 Å². The molecular formula is C23H21N3O6. The minimum absolute atomic E-state index is 0.0479. The summed E-state index contributed by atoms with van der Waals surface area (Å²) in [5.74, 6) is -1.84. The molecule has 3 aromatic rings. The van der Waals surface area contributed by atoms with Gasteiger partial charge in [0.2, 0.25) is 5.76 Å². The van der Waals surface area contributed by atoms with Gasteiger partial charge in [-0.15, -0.1) is 0 Å². The lowest BCUT2D eigenvalue weighted by atomic mass is 10.1. The maximum absolute atomic E-state index is 12.2. The number of furan rings is 1. The molecule has 2 aromatic carbocycles. The Hall–Kier alpha value is -4.40. The Labute approximate surface area is 184 Å². The van der Waals surface area contributed by atoms with E-state index < -0.39 is 17.8 Å². The van der Waals surface area contributed by atoms with E-state index in [-0.39, 0.29) is 11.5 Å². The first-order chi connectivity index (χ1) is 15.5. The Balaban J connectivity index is 1.67. The molecule has 0 aliphatic heterocycles. The smallest absolute Gasteiger partial charge is 0.379 e. The highest BCUT2D eigenvalue weighted by Crippen LogP contribution is 2.23. The van der Waals surface area contributed by atoms with Crippen LogP contribution in [0.1, 0.15) is 30.0 Å². The number of carbonyl (C=O) groups excluding carboxylic acids is 3. The Morgan fingerprint density at radius 1 is 0.938 bits per heavy atom. The number of anilines is 1. The Morgan fingerprint density at radius 3 is 2.38 bits per heavy atom. The SMILES string of the molecule is CCOc1ccccc1NC(=O)C(=O)N/N=C(\C)c1ccccc1OC(=O)c1ccco1. The van der Waals surface area contributed by atoms with Crippen molar-refractivity contribution in [2.24, 2.45) is 5.10 Å². The second-order valence-electron chi connectivity index (χ2n) is 6.38. The van der Waals surface area contributed by atoms with Crippen molar-refractivity contribution in [3.63, 3.8) is 0 Å². The molecule has 0 bridgehead atoms. The third-order valence-electron chi connectivity index (χ3n) is 4.17. The number of rotatable bonds is 7. The fraction of sp³-hybridized carbons (Fsp3) is 0.130. The summed E-state index contributed by atoms with van der Waals surface area (Å²) in [7, 11) is 0. The first kappa shape index (κ1) is 22.3. The van der Waals surface area contributed by atoms with E-state index in [1.54, 1.807) is 61.5 Å². The van der Waals surface area contributed by atoms with Gasteiger partial charge in [0, 0.05) is 5.56 Å². The predicted octanol–water partition coefficient (Wildman–Crippen LogP) is 3.38. The molecule has 9 nitrogen and oxygen atoms in total. The van der Waals surface area contributed by atoms with E-state index in [1.165, 1.54) is 12.3 Å². The molecule has 0 saturated heterocycles. The minimum atomic E-state index is -0.972. The summed E-state index contributed by atoms with van der Waals surface area (Å²) >= 11 is 0. The van der Waals surface area contributed by atoms with Crippen LogP contribution in [0.25, 0.3) is 0 Å². The van der Waals surface area contributed by atoms with Crippen LogP contribution >= 0.6 is 0 Å². The van der Waals surface area contributed by atoms with Gasteiger partial charge in [0.25, 0.3) is 0 Å². The van der Waals surface area contributed by atoms with E-state index in [9.17, 15) is 14.4 Å². The van der Waals surface area contributed by atoms with Gasteiger partial charge in [-0.25, -0.2) is 10.2 Å². The Bertz CT molecular complexity index is 1140. The van der Waals surface area contributed by atoms with Gasteiger partial charge in [-0.1, -0.05) is 24.3 Å². The molecule has 2 N–H and O–H groups in total. The first-order valence-electron chi connectivity index (χ1n) is 9.72. The molecule has 0 aliphatic carbocycles. The molecule has 9 heteroatoms. The van der Waals surface area contributed by atoms with Gasteiger partial charge in [-0.2, -0.15) is 5.10 Å². The van der Waals surface area contributed by atoms with Gasteiger partial charge < -0.3 is 19.2 Å². The van der Waals surface area contributed by atoms with Crippen LogP contribution in [0.2, 0.25) is 0 Å². The molecule has 0 unspecified atom stereocenters. The summed E-state index contributed by atoms with van der Waals surface area (Å²) in [4.78, 5) is 36.6. The fourth-order valence-electron chi connectivity index (χ4n) is 2.68. The average molecular weight is 435 g/mol. The first-order valence-corrected chi connectivity index (χ1v) is 9.72. The molecular weight excluding hydrogens is 414 g/mol. The zero-order valence-electron chi connectivity index (χ0n) is 17.5. The molecule has 0 aliphatic rings. The van der Waals surface area contributed by atoms with Crippen LogP contribution in [0.3, 0.4) is 0 Å². The van der Waals surface area contributed by atoms with E-state index in [0.717, 1.165) is 0 Å². The van der Waals surface area contributed by atoms with Crippen molar-refractivity contribution in [2.45, 2.75) is 13.8 Å². The third kappa shape index (κ3) is 5.60. The largest absolute Gasteiger partial charge is 0.492 e. The summed E-state index contributed by atoms with van der Waals surface area (Å²) < 4.78 is 15.8. The lowest BCUT2D eigenvalue weighted by Gasteiger charge is -2.11. The van der Waals surface area contributed by atoms with Gasteiger partial charge in [-0.05, 0) is 50.2 Å². The van der Waals surface area contributed by atoms with Crippen molar-refractivity contribution in [3.8, 4) is 11.5 Å². The highest BCUT2D eigenvalue weighted by molar-refractivity contribution is 6.39. The number of hydrazone groups is 1. The predicted molar refractivity (Wildman–Crippen MR) is 117 cm³/mol. The normalized spacial score (nSPS) is 10.9. The zero-order valence-corrected chi connectivity index (χ0v) is 17.5. The number of benzene rings is 2. The number of nitrogens with one attached hydrogen (secondary N) is 2. The van der Waals surface area contributed by atoms with Gasteiger partial charge in [0.15, 0.2) is 0 Å². The quantitative estimate of drug-likeness (QED) is 0.193. The summed E-state index contributed by atoms with van der Waals surface area (Å²) in [6.07, 6.45) is 1.36. The number of amides is 2. The van der Waals surface area contributed by atoms with Crippen molar-refractivity contribution in [3.05, 3.63) is 78.3 Å². The molecule has 0 atom stereocenters. The van der Waals surface area contributed by atoms with Crippen LogP contribution in [-0.2, 0) is 9.59 Å². The third-order valence-corrected chi connectivity index (χ3v) is 4.17. The molecule has 3 rings (SSSR count). The van der Waals surface area contributed by atoms with Crippen LogP contribution in [0, 0.1) is 0 Å². The number of hydrogen-bond donors (Lipinski definition) is 2. The van der Waals surface area contributed by atoms with Crippen LogP contribution in [0.15, 0.2) is 76.4 Å². The molecule has 0 fully saturated rings. The van der Waals surface area contributed by atoms with Crippen molar-refractivity contribution in [1.29, 1.82) is 0 Å². The van der Waals surface area contributed by atoms with Gasteiger partial charge in [0.05, 0.1) is 24.3 Å². The van der Waals surface area contributed by atoms with Crippen molar-refractivity contribution >= 4 is 29.2 Å². The molecule has 0 radical (unpaired) electrons. The molecule has 1 heterocycles. The molecule has 0 spiro atoms. The lowest BCUT2D eigenvalue weighted by Crippen LogP contribution is -2.33. The number of ether oxygens (including phenoxy) is 2. The zero-order chi connectivity index (χ0) is 22.9. The van der Waals surface area contributed by atoms with E-state index in [1.807, 2.05) is 6.92 Å². The monoisotopic (exact) mass is 435 g/mol. The maximum atomic E-state index is 12.2. The fourth-order valence-corrected chi connectivity index (χ4v) is 2.68. The highest BCUT2D eigenvalue weighted by atomic mass is 16.5. The molecule has 164 valence electrons. The van der Waals surface area contributed by atoms with Gasteiger partial charge in [0.1, 0.15) is 11.5 Å². The average Bonchev–Trinajstić information content (AvgIpc) is 3.34.